The molecule has 1 fully saturated rings. The molecule has 0 bridgehead atoms. The predicted octanol–water partition coefficient (Wildman–Crippen LogP) is 4.14. The molecular weight excluding hydrogens is 418 g/mol. The number of urea groups is 1. The summed E-state index contributed by atoms with van der Waals surface area (Å²) in [6.07, 6.45) is 0.358. The van der Waals surface area contributed by atoms with E-state index in [0.29, 0.717) is 23.3 Å². The summed E-state index contributed by atoms with van der Waals surface area (Å²) < 4.78 is 7.19. The molecule has 1 aliphatic heterocycles. The average Bonchev–Trinajstić information content (AvgIpc) is 3.27. The molecule has 1 atom stereocenters. The lowest BCUT2D eigenvalue weighted by molar-refractivity contribution is -0.131. The normalized spacial score (nSPS) is 17.9. The van der Waals surface area contributed by atoms with E-state index in [4.69, 9.17) is 4.74 Å². The molecule has 3 aromatic rings. The minimum atomic E-state index is -1.20. The summed E-state index contributed by atoms with van der Waals surface area (Å²) in [7, 11) is 1.56. The van der Waals surface area contributed by atoms with Gasteiger partial charge in [-0.3, -0.25) is 14.5 Å². The molecular formula is C26H27N3O4. The fraction of sp³-hybridized carbons (Fsp3) is 0.269. The number of rotatable bonds is 7. The number of ketones is 1. The summed E-state index contributed by atoms with van der Waals surface area (Å²) in [6, 6.07) is 18.0. The highest BCUT2D eigenvalue weighted by Gasteiger charge is 2.51. The van der Waals surface area contributed by atoms with Crippen LogP contribution in [0, 0.1) is 13.8 Å². The first-order valence-corrected chi connectivity index (χ1v) is 10.9. The summed E-state index contributed by atoms with van der Waals surface area (Å²) >= 11 is 0. The van der Waals surface area contributed by atoms with Crippen LogP contribution >= 0.6 is 0 Å². The second-order valence-corrected chi connectivity index (χ2v) is 8.19. The summed E-state index contributed by atoms with van der Waals surface area (Å²) in [5, 5.41) is 2.82. The Bertz CT molecular complexity index is 1210. The molecule has 3 amide bonds. The summed E-state index contributed by atoms with van der Waals surface area (Å²) in [5.41, 5.74) is 2.57. The maximum atomic E-state index is 13.4. The predicted molar refractivity (Wildman–Crippen MR) is 125 cm³/mol. The van der Waals surface area contributed by atoms with Gasteiger partial charge in [-0.1, -0.05) is 37.3 Å². The van der Waals surface area contributed by atoms with Gasteiger partial charge in [0.2, 0.25) is 0 Å². The minimum Gasteiger partial charge on any atom is -0.497 e. The smallest absolute Gasteiger partial charge is 0.325 e. The number of nitrogens with one attached hydrogen (secondary N) is 1. The Hall–Kier alpha value is -3.87. The number of aromatic nitrogens is 1. The van der Waals surface area contributed by atoms with Crippen LogP contribution in [0.15, 0.2) is 60.7 Å². The van der Waals surface area contributed by atoms with Crippen molar-refractivity contribution in [1.82, 2.24) is 14.8 Å². The van der Waals surface area contributed by atoms with Crippen molar-refractivity contribution in [2.75, 3.05) is 13.7 Å². The van der Waals surface area contributed by atoms with Crippen LogP contribution in [0.4, 0.5) is 4.79 Å². The van der Waals surface area contributed by atoms with Crippen LogP contribution in [-0.2, 0) is 10.3 Å². The number of benzene rings is 2. The number of ether oxygens (including phenoxy) is 1. The van der Waals surface area contributed by atoms with Crippen LogP contribution in [0.1, 0.15) is 40.7 Å². The monoisotopic (exact) mass is 445 g/mol. The number of nitrogens with zero attached hydrogens (tertiary/aromatic N) is 2. The zero-order valence-electron chi connectivity index (χ0n) is 19.2. The second kappa shape index (κ2) is 8.58. The van der Waals surface area contributed by atoms with Crippen LogP contribution in [0.2, 0.25) is 0 Å². The van der Waals surface area contributed by atoms with Gasteiger partial charge in [-0.05, 0) is 56.2 Å². The first kappa shape index (κ1) is 22.3. The van der Waals surface area contributed by atoms with Crippen LogP contribution in [-0.4, -0.2) is 40.8 Å². The second-order valence-electron chi connectivity index (χ2n) is 8.19. The van der Waals surface area contributed by atoms with E-state index in [1.54, 1.807) is 37.4 Å². The number of Topliss-reactive ketones (excluding diaryl/α,β-unsaturated/α-hetero) is 1. The molecule has 0 unspecified atom stereocenters. The molecule has 1 saturated heterocycles. The number of para-hydroxylation sites is 1. The van der Waals surface area contributed by atoms with E-state index in [1.807, 2.05) is 55.7 Å². The zero-order chi connectivity index (χ0) is 23.8. The quantitative estimate of drug-likeness (QED) is 0.438. The average molecular weight is 446 g/mol. The van der Waals surface area contributed by atoms with Crippen molar-refractivity contribution in [2.45, 2.75) is 32.7 Å². The number of carbonyl (C=O) groups excluding carboxylic acids is 3. The molecule has 0 spiro atoms. The van der Waals surface area contributed by atoms with Crippen molar-refractivity contribution >= 4 is 17.7 Å². The Morgan fingerprint density at radius 1 is 1.03 bits per heavy atom. The van der Waals surface area contributed by atoms with Crippen molar-refractivity contribution in [3.05, 3.63) is 83.2 Å². The molecule has 1 aromatic heterocycles. The van der Waals surface area contributed by atoms with Crippen molar-refractivity contribution in [3.63, 3.8) is 0 Å². The van der Waals surface area contributed by atoms with E-state index in [-0.39, 0.29) is 12.3 Å². The third-order valence-corrected chi connectivity index (χ3v) is 6.34. The van der Waals surface area contributed by atoms with Gasteiger partial charge in [0, 0.05) is 22.6 Å². The minimum absolute atomic E-state index is 0.282. The van der Waals surface area contributed by atoms with Gasteiger partial charge >= 0.3 is 6.03 Å². The Morgan fingerprint density at radius 2 is 1.70 bits per heavy atom. The maximum Gasteiger partial charge on any atom is 0.325 e. The highest BCUT2D eigenvalue weighted by Crippen LogP contribution is 2.33. The maximum absolute atomic E-state index is 13.4. The SMILES string of the molecule is CC[C@@]1(c2ccc(OC)cc2)NC(=O)N(CC(=O)c2cc(C)n(-c3ccccc3)c2C)C1=O. The Balaban J connectivity index is 1.61. The standard InChI is InChI=1S/C26H27N3O4/c1-5-26(19-11-13-21(33-4)14-12-19)24(31)28(25(32)27-26)16-23(30)22-15-17(2)29(18(22)3)20-9-7-6-8-10-20/h6-15H,5,16H2,1-4H3,(H,27,32)/t26-/m0/s1. The first-order valence-electron chi connectivity index (χ1n) is 10.9. The van der Waals surface area contributed by atoms with E-state index in [2.05, 4.69) is 5.32 Å². The molecule has 1 aliphatic rings. The number of carbonyl (C=O) groups is 3. The van der Waals surface area contributed by atoms with Gasteiger partial charge in [-0.15, -0.1) is 0 Å². The number of hydrogen-bond acceptors (Lipinski definition) is 4. The molecule has 7 heteroatoms. The number of imide groups is 1. The van der Waals surface area contributed by atoms with Gasteiger partial charge in [-0.2, -0.15) is 0 Å². The Labute approximate surface area is 193 Å². The summed E-state index contributed by atoms with van der Waals surface area (Å²) in [5.74, 6) is -0.0524. The third-order valence-electron chi connectivity index (χ3n) is 6.34. The van der Waals surface area contributed by atoms with Crippen LogP contribution in [0.25, 0.3) is 5.69 Å². The number of methoxy groups -OCH3 is 1. The van der Waals surface area contributed by atoms with Gasteiger partial charge < -0.3 is 14.6 Å². The number of hydrogen-bond donors (Lipinski definition) is 1. The van der Waals surface area contributed by atoms with Crippen LogP contribution < -0.4 is 10.1 Å². The first-order chi connectivity index (χ1) is 15.8. The number of aryl methyl sites for hydroxylation is 1. The highest BCUT2D eigenvalue weighted by molar-refractivity contribution is 6.11. The summed E-state index contributed by atoms with van der Waals surface area (Å²) in [6.45, 7) is 5.31. The fourth-order valence-electron chi connectivity index (χ4n) is 4.53. The van der Waals surface area contributed by atoms with E-state index in [9.17, 15) is 14.4 Å². The Morgan fingerprint density at radius 3 is 2.30 bits per heavy atom. The van der Waals surface area contributed by atoms with Gasteiger partial charge in [-0.25, -0.2) is 4.79 Å². The topological polar surface area (TPSA) is 80.6 Å². The highest BCUT2D eigenvalue weighted by atomic mass is 16.5. The molecule has 4 rings (SSSR count). The lowest BCUT2D eigenvalue weighted by Crippen LogP contribution is -2.43. The van der Waals surface area contributed by atoms with Crippen molar-refractivity contribution < 1.29 is 19.1 Å². The lowest BCUT2D eigenvalue weighted by Gasteiger charge is -2.26. The third kappa shape index (κ3) is 3.69. The van der Waals surface area contributed by atoms with Gasteiger partial charge in [0.15, 0.2) is 5.78 Å². The molecule has 0 aliphatic carbocycles. The van der Waals surface area contributed by atoms with Gasteiger partial charge in [0.25, 0.3) is 5.91 Å². The van der Waals surface area contributed by atoms with Gasteiger partial charge in [0.1, 0.15) is 11.3 Å². The molecule has 0 radical (unpaired) electrons. The van der Waals surface area contributed by atoms with Crippen molar-refractivity contribution in [3.8, 4) is 11.4 Å². The molecule has 2 aromatic carbocycles. The van der Waals surface area contributed by atoms with E-state index in [1.165, 1.54) is 0 Å². The number of amides is 3. The molecule has 7 nitrogen and oxygen atoms in total. The van der Waals surface area contributed by atoms with Crippen LogP contribution in [0.5, 0.6) is 5.75 Å². The lowest BCUT2D eigenvalue weighted by atomic mass is 9.87. The fourth-order valence-corrected chi connectivity index (χ4v) is 4.53. The Kier molecular flexibility index (Phi) is 5.80. The largest absolute Gasteiger partial charge is 0.497 e. The zero-order valence-corrected chi connectivity index (χ0v) is 19.2. The molecule has 2 heterocycles. The van der Waals surface area contributed by atoms with E-state index < -0.39 is 17.5 Å². The van der Waals surface area contributed by atoms with Gasteiger partial charge in [0.05, 0.1) is 13.7 Å². The molecule has 1 N–H and O–H groups in total. The molecule has 0 saturated carbocycles. The molecule has 170 valence electrons. The summed E-state index contributed by atoms with van der Waals surface area (Å²) in [4.78, 5) is 40.5. The molecule has 33 heavy (non-hydrogen) atoms. The van der Waals surface area contributed by atoms with E-state index >= 15 is 0 Å². The van der Waals surface area contributed by atoms with Crippen molar-refractivity contribution in [2.24, 2.45) is 0 Å². The van der Waals surface area contributed by atoms with Crippen LogP contribution in [0.3, 0.4) is 0 Å². The van der Waals surface area contributed by atoms with Crippen molar-refractivity contribution in [1.29, 1.82) is 0 Å². The van der Waals surface area contributed by atoms with E-state index in [0.717, 1.165) is 22.0 Å².